The molecule has 0 spiro atoms. The van der Waals surface area contributed by atoms with Crippen LogP contribution in [0.25, 0.3) is 0 Å². The minimum atomic E-state index is -1.13. The lowest BCUT2D eigenvalue weighted by Gasteiger charge is -2.36. The molecule has 3 heterocycles. The van der Waals surface area contributed by atoms with Crippen LogP contribution in [0.15, 0.2) is 30.5 Å². The van der Waals surface area contributed by atoms with E-state index in [9.17, 15) is 14.4 Å². The third-order valence-corrected chi connectivity index (χ3v) is 6.13. The van der Waals surface area contributed by atoms with E-state index in [1.165, 1.54) is 0 Å². The lowest BCUT2D eigenvalue weighted by Crippen LogP contribution is -2.49. The predicted molar refractivity (Wildman–Crippen MR) is 117 cm³/mol. The summed E-state index contributed by atoms with van der Waals surface area (Å²) in [6.45, 7) is 10.3. The van der Waals surface area contributed by atoms with Crippen LogP contribution in [0, 0.1) is 20.8 Å². The third-order valence-electron chi connectivity index (χ3n) is 6.13. The fraction of sp³-hybridized carbons (Fsp3) is 0.391. The van der Waals surface area contributed by atoms with E-state index in [2.05, 4.69) is 33.5 Å². The van der Waals surface area contributed by atoms with Crippen LogP contribution in [0.2, 0.25) is 0 Å². The average Bonchev–Trinajstić information content (AvgIpc) is 3.00. The van der Waals surface area contributed by atoms with Gasteiger partial charge in [0, 0.05) is 37.9 Å². The van der Waals surface area contributed by atoms with Gasteiger partial charge in [0.2, 0.25) is 0 Å². The van der Waals surface area contributed by atoms with Gasteiger partial charge in [0.05, 0.1) is 0 Å². The molecule has 0 bridgehead atoms. The molecule has 1 aromatic carbocycles. The van der Waals surface area contributed by atoms with Crippen LogP contribution in [-0.2, 0) is 10.3 Å². The number of anilines is 1. The number of hydrogen-bond acceptors (Lipinski definition) is 5. The van der Waals surface area contributed by atoms with E-state index >= 15 is 0 Å². The van der Waals surface area contributed by atoms with Crippen molar-refractivity contribution in [2.75, 3.05) is 31.1 Å². The van der Waals surface area contributed by atoms with Gasteiger partial charge >= 0.3 is 6.03 Å². The smallest absolute Gasteiger partial charge is 0.322 e. The molecule has 2 aliphatic rings. The summed E-state index contributed by atoms with van der Waals surface area (Å²) < 4.78 is 0. The summed E-state index contributed by atoms with van der Waals surface area (Å²) in [7, 11) is 0. The highest BCUT2D eigenvalue weighted by Crippen LogP contribution is 2.27. The normalized spacial score (nSPS) is 21.2. The van der Waals surface area contributed by atoms with Gasteiger partial charge < -0.3 is 15.1 Å². The highest BCUT2D eigenvalue weighted by atomic mass is 16.2. The molecule has 2 fully saturated rings. The molecule has 1 aromatic heterocycles. The van der Waals surface area contributed by atoms with Gasteiger partial charge in [-0.2, -0.15) is 0 Å². The molecule has 2 aliphatic heterocycles. The number of rotatable bonds is 3. The summed E-state index contributed by atoms with van der Waals surface area (Å²) in [6, 6.07) is 6.89. The number of nitrogens with one attached hydrogen (secondary N) is 2. The second-order valence-corrected chi connectivity index (χ2v) is 8.50. The largest absolute Gasteiger partial charge is 0.353 e. The Balaban J connectivity index is 1.47. The van der Waals surface area contributed by atoms with Crippen LogP contribution in [0.5, 0.6) is 0 Å². The number of aryl methyl sites for hydroxylation is 3. The maximum Gasteiger partial charge on any atom is 0.322 e. The maximum absolute atomic E-state index is 13.1. The van der Waals surface area contributed by atoms with Crippen LogP contribution in [0.3, 0.4) is 0 Å². The van der Waals surface area contributed by atoms with Gasteiger partial charge in [0.25, 0.3) is 11.8 Å². The van der Waals surface area contributed by atoms with E-state index in [0.29, 0.717) is 24.2 Å². The van der Waals surface area contributed by atoms with E-state index in [4.69, 9.17) is 0 Å². The summed E-state index contributed by atoms with van der Waals surface area (Å²) in [5.41, 5.74) is 3.18. The fourth-order valence-electron chi connectivity index (χ4n) is 4.29. The van der Waals surface area contributed by atoms with Crippen molar-refractivity contribution in [1.82, 2.24) is 20.5 Å². The monoisotopic (exact) mass is 421 g/mol. The van der Waals surface area contributed by atoms with E-state index in [1.54, 1.807) is 25.1 Å². The summed E-state index contributed by atoms with van der Waals surface area (Å²) in [4.78, 5) is 45.5. The molecule has 8 heteroatoms. The minimum absolute atomic E-state index is 0.0256. The van der Waals surface area contributed by atoms with Gasteiger partial charge in [-0.3, -0.25) is 14.9 Å². The van der Waals surface area contributed by atoms with Gasteiger partial charge in [-0.05, 0) is 56.0 Å². The predicted octanol–water partition coefficient (Wildman–Crippen LogP) is 2.02. The highest BCUT2D eigenvalue weighted by molar-refractivity contribution is 6.07. The van der Waals surface area contributed by atoms with Gasteiger partial charge in [-0.15, -0.1) is 0 Å². The molecule has 1 atom stereocenters. The van der Waals surface area contributed by atoms with Crippen molar-refractivity contribution in [3.8, 4) is 0 Å². The number of imide groups is 1. The third kappa shape index (κ3) is 3.73. The van der Waals surface area contributed by atoms with Crippen molar-refractivity contribution in [1.29, 1.82) is 0 Å². The molecule has 31 heavy (non-hydrogen) atoms. The summed E-state index contributed by atoms with van der Waals surface area (Å²) in [6.07, 6.45) is 1.87. The molecule has 8 nitrogen and oxygen atoms in total. The Morgan fingerprint density at radius 1 is 1.03 bits per heavy atom. The number of carbonyl (C=O) groups excluding carboxylic acids is 3. The number of nitrogens with zero attached hydrogens (tertiary/aromatic N) is 3. The van der Waals surface area contributed by atoms with Crippen molar-refractivity contribution in [2.45, 2.75) is 33.2 Å². The number of aromatic nitrogens is 1. The van der Waals surface area contributed by atoms with Crippen molar-refractivity contribution >= 4 is 23.7 Å². The first-order chi connectivity index (χ1) is 14.7. The number of piperazine rings is 1. The van der Waals surface area contributed by atoms with Crippen LogP contribution in [-0.4, -0.2) is 53.9 Å². The molecule has 2 aromatic rings. The Labute approximate surface area is 181 Å². The first kappa shape index (κ1) is 20.8. The second-order valence-electron chi connectivity index (χ2n) is 8.50. The quantitative estimate of drug-likeness (QED) is 0.740. The number of urea groups is 1. The summed E-state index contributed by atoms with van der Waals surface area (Å²) >= 11 is 0. The number of hydrogen-bond donors (Lipinski definition) is 2. The SMILES string of the molecule is Cc1cnc(N2CCN(C(=O)c3ccc(C4(C)NC(=O)NC4=O)cc3C)CC2)c(C)c1. The van der Waals surface area contributed by atoms with Crippen molar-refractivity contribution < 1.29 is 14.4 Å². The molecule has 162 valence electrons. The van der Waals surface area contributed by atoms with Crippen LogP contribution in [0.1, 0.15) is 39.5 Å². The Bertz CT molecular complexity index is 1070. The lowest BCUT2D eigenvalue weighted by atomic mass is 9.89. The molecule has 4 rings (SSSR count). The Hall–Kier alpha value is -3.42. The molecule has 2 saturated heterocycles. The van der Waals surface area contributed by atoms with Gasteiger partial charge in [-0.25, -0.2) is 9.78 Å². The van der Waals surface area contributed by atoms with Crippen LogP contribution in [0.4, 0.5) is 10.6 Å². The zero-order chi connectivity index (χ0) is 22.3. The molecule has 0 aliphatic carbocycles. The van der Waals surface area contributed by atoms with E-state index in [0.717, 1.165) is 35.6 Å². The number of amides is 4. The lowest BCUT2D eigenvalue weighted by molar-refractivity contribution is -0.123. The van der Waals surface area contributed by atoms with Crippen molar-refractivity contribution in [2.24, 2.45) is 0 Å². The van der Waals surface area contributed by atoms with Crippen LogP contribution >= 0.6 is 0 Å². The first-order valence-corrected chi connectivity index (χ1v) is 10.4. The first-order valence-electron chi connectivity index (χ1n) is 10.4. The zero-order valence-electron chi connectivity index (χ0n) is 18.3. The molecule has 0 saturated carbocycles. The average molecular weight is 422 g/mol. The Kier molecular flexibility index (Phi) is 5.16. The summed E-state index contributed by atoms with van der Waals surface area (Å²) in [5, 5.41) is 4.92. The minimum Gasteiger partial charge on any atom is -0.353 e. The van der Waals surface area contributed by atoms with Gasteiger partial charge in [-0.1, -0.05) is 18.2 Å². The topological polar surface area (TPSA) is 94.6 Å². The number of carbonyl (C=O) groups is 3. The summed E-state index contributed by atoms with van der Waals surface area (Å²) in [5.74, 6) is 0.554. The van der Waals surface area contributed by atoms with Gasteiger partial charge in [0.1, 0.15) is 11.4 Å². The Morgan fingerprint density at radius 3 is 2.32 bits per heavy atom. The van der Waals surface area contributed by atoms with E-state index in [-0.39, 0.29) is 5.91 Å². The van der Waals surface area contributed by atoms with Crippen molar-refractivity contribution in [3.63, 3.8) is 0 Å². The maximum atomic E-state index is 13.1. The molecule has 2 N–H and O–H groups in total. The van der Waals surface area contributed by atoms with E-state index in [1.807, 2.05) is 24.9 Å². The molecule has 0 radical (unpaired) electrons. The van der Waals surface area contributed by atoms with Gasteiger partial charge in [0.15, 0.2) is 0 Å². The Morgan fingerprint density at radius 2 is 1.74 bits per heavy atom. The number of pyridine rings is 1. The molecule has 4 amide bonds. The zero-order valence-corrected chi connectivity index (χ0v) is 18.3. The standard InChI is InChI=1S/C23H27N5O3/c1-14-11-16(3)19(24-13-14)27-7-9-28(10-8-27)20(29)18-6-5-17(12-15(18)2)23(4)21(30)25-22(31)26-23/h5-6,11-13H,7-10H2,1-4H3,(H2,25,26,30,31). The van der Waals surface area contributed by atoms with Crippen molar-refractivity contribution in [3.05, 3.63) is 58.3 Å². The fourth-order valence-corrected chi connectivity index (χ4v) is 4.29. The second kappa shape index (κ2) is 7.68. The van der Waals surface area contributed by atoms with E-state index < -0.39 is 17.5 Å². The molecular formula is C23H27N5O3. The molecule has 1 unspecified atom stereocenters. The number of benzene rings is 1. The molecular weight excluding hydrogens is 394 g/mol. The van der Waals surface area contributed by atoms with Crippen LogP contribution < -0.4 is 15.5 Å². The highest BCUT2D eigenvalue weighted by Gasteiger charge is 2.43.